The number of hydrogen-bond acceptors (Lipinski definition) is 3. The molecule has 64 valence electrons. The summed E-state index contributed by atoms with van der Waals surface area (Å²) in [4.78, 5) is 0. The molecular formula is C8H15NOS. The molecule has 0 amide bonds. The molecule has 0 unspecified atom stereocenters. The third kappa shape index (κ3) is 3.77. The van der Waals surface area contributed by atoms with Crippen LogP contribution in [0.2, 0.25) is 0 Å². The van der Waals surface area contributed by atoms with Gasteiger partial charge in [-0.05, 0) is 32.7 Å². The summed E-state index contributed by atoms with van der Waals surface area (Å²) in [5.41, 5.74) is 1.20. The van der Waals surface area contributed by atoms with Gasteiger partial charge >= 0.3 is 0 Å². The first-order valence-corrected chi connectivity index (χ1v) is 4.67. The molecule has 1 aliphatic heterocycles. The van der Waals surface area contributed by atoms with E-state index in [1.54, 1.807) is 11.9 Å². The van der Waals surface area contributed by atoms with Crippen LogP contribution in [0.3, 0.4) is 0 Å². The van der Waals surface area contributed by atoms with Gasteiger partial charge in [0.1, 0.15) is 0 Å². The fourth-order valence-electron chi connectivity index (χ4n) is 0.726. The van der Waals surface area contributed by atoms with Crippen LogP contribution in [0.25, 0.3) is 0 Å². The van der Waals surface area contributed by atoms with Crippen molar-refractivity contribution in [2.45, 2.75) is 31.9 Å². The molecule has 1 saturated heterocycles. The van der Waals surface area contributed by atoms with Gasteiger partial charge in [0.25, 0.3) is 0 Å². The van der Waals surface area contributed by atoms with Crippen molar-refractivity contribution in [2.24, 2.45) is 4.40 Å². The second kappa shape index (κ2) is 3.59. The molecule has 11 heavy (non-hydrogen) atoms. The molecule has 0 radical (unpaired) electrons. The van der Waals surface area contributed by atoms with Crippen LogP contribution in [-0.2, 0) is 4.74 Å². The second-order valence-electron chi connectivity index (χ2n) is 3.66. The molecule has 0 aliphatic carbocycles. The highest BCUT2D eigenvalue weighted by Gasteiger charge is 2.13. The fourth-order valence-corrected chi connectivity index (χ4v) is 1.27. The summed E-state index contributed by atoms with van der Waals surface area (Å²) in [6.45, 7) is 8.08. The van der Waals surface area contributed by atoms with Gasteiger partial charge in [-0.1, -0.05) is 0 Å². The minimum atomic E-state index is 0.232. The lowest BCUT2D eigenvalue weighted by atomic mass is 10.3. The van der Waals surface area contributed by atoms with Gasteiger partial charge in [0.2, 0.25) is 0 Å². The molecule has 3 heteroatoms. The smallest absolute Gasteiger partial charge is 0.0856 e. The lowest BCUT2D eigenvalue weighted by Crippen LogP contribution is -2.06. The van der Waals surface area contributed by atoms with Gasteiger partial charge in [0.15, 0.2) is 0 Å². The molecule has 0 aromatic heterocycles. The molecule has 0 N–H and O–H groups in total. The van der Waals surface area contributed by atoms with Gasteiger partial charge in [0.05, 0.1) is 18.9 Å². The largest absolute Gasteiger partial charge is 0.375 e. The van der Waals surface area contributed by atoms with Crippen LogP contribution >= 0.6 is 11.9 Å². The van der Waals surface area contributed by atoms with E-state index in [9.17, 15) is 0 Å². The van der Waals surface area contributed by atoms with E-state index >= 15 is 0 Å². The Labute approximate surface area is 72.6 Å². The molecular weight excluding hydrogens is 158 g/mol. The number of hydrogen-bond donors (Lipinski definition) is 0. The van der Waals surface area contributed by atoms with Crippen LogP contribution in [0.5, 0.6) is 0 Å². The zero-order valence-corrected chi connectivity index (χ0v) is 8.20. The van der Waals surface area contributed by atoms with Crippen molar-refractivity contribution in [3.63, 3.8) is 0 Å². The van der Waals surface area contributed by atoms with E-state index in [4.69, 9.17) is 4.74 Å². The molecule has 0 saturated carbocycles. The van der Waals surface area contributed by atoms with Gasteiger partial charge in [-0.2, -0.15) is 0 Å². The molecule has 0 spiro atoms. The first-order chi connectivity index (χ1) is 5.08. The predicted octanol–water partition coefficient (Wildman–Crippen LogP) is 2.29. The Morgan fingerprint density at radius 2 is 2.18 bits per heavy atom. The monoisotopic (exact) mass is 173 g/mol. The van der Waals surface area contributed by atoms with E-state index in [0.29, 0.717) is 0 Å². The topological polar surface area (TPSA) is 21.6 Å². The lowest BCUT2D eigenvalue weighted by Gasteiger charge is -2.12. The van der Waals surface area contributed by atoms with E-state index < -0.39 is 0 Å². The molecule has 2 nitrogen and oxygen atoms in total. The molecule has 0 atom stereocenters. The Morgan fingerprint density at radius 1 is 1.45 bits per heavy atom. The Kier molecular flexibility index (Phi) is 2.96. The van der Waals surface area contributed by atoms with Crippen molar-refractivity contribution in [1.82, 2.24) is 0 Å². The van der Waals surface area contributed by atoms with Crippen molar-refractivity contribution in [3.8, 4) is 0 Å². The SMILES string of the molecule is CC(C)(C)SN=C1CCOC1. The highest BCUT2D eigenvalue weighted by atomic mass is 32.2. The average Bonchev–Trinajstić information content (AvgIpc) is 2.32. The highest BCUT2D eigenvalue weighted by Crippen LogP contribution is 2.25. The Bertz CT molecular complexity index is 152. The summed E-state index contributed by atoms with van der Waals surface area (Å²) < 4.78 is 9.81. The molecule has 0 bridgehead atoms. The van der Waals surface area contributed by atoms with Crippen molar-refractivity contribution < 1.29 is 4.74 Å². The number of nitrogens with zero attached hydrogens (tertiary/aromatic N) is 1. The van der Waals surface area contributed by atoms with E-state index in [2.05, 4.69) is 25.2 Å². The molecule has 1 fully saturated rings. The van der Waals surface area contributed by atoms with Gasteiger partial charge in [-0.15, -0.1) is 0 Å². The summed E-state index contributed by atoms with van der Waals surface area (Å²) in [7, 11) is 0. The Morgan fingerprint density at radius 3 is 2.64 bits per heavy atom. The number of ether oxygens (including phenoxy) is 1. The third-order valence-corrected chi connectivity index (χ3v) is 2.15. The molecule has 0 aromatic carbocycles. The lowest BCUT2D eigenvalue weighted by molar-refractivity contribution is 0.209. The first-order valence-electron chi connectivity index (χ1n) is 3.89. The van der Waals surface area contributed by atoms with Crippen LogP contribution in [0.15, 0.2) is 4.40 Å². The molecule has 1 heterocycles. The van der Waals surface area contributed by atoms with Gasteiger partial charge in [0, 0.05) is 11.2 Å². The van der Waals surface area contributed by atoms with E-state index in [0.717, 1.165) is 19.6 Å². The summed E-state index contributed by atoms with van der Waals surface area (Å²) in [5.74, 6) is 0. The summed E-state index contributed by atoms with van der Waals surface area (Å²) in [6, 6.07) is 0. The zero-order chi connectivity index (χ0) is 8.32. The Balaban J connectivity index is 2.34. The van der Waals surface area contributed by atoms with Gasteiger partial charge < -0.3 is 4.74 Å². The molecule has 1 rings (SSSR count). The van der Waals surface area contributed by atoms with Crippen LogP contribution < -0.4 is 0 Å². The van der Waals surface area contributed by atoms with Crippen molar-refractivity contribution in [3.05, 3.63) is 0 Å². The summed E-state index contributed by atoms with van der Waals surface area (Å²) in [6.07, 6.45) is 1.02. The van der Waals surface area contributed by atoms with Crippen molar-refractivity contribution >= 4 is 17.7 Å². The van der Waals surface area contributed by atoms with Crippen LogP contribution in [0.4, 0.5) is 0 Å². The van der Waals surface area contributed by atoms with E-state index in [1.807, 2.05) is 0 Å². The molecule has 0 aromatic rings. The van der Waals surface area contributed by atoms with Crippen molar-refractivity contribution in [1.29, 1.82) is 0 Å². The highest BCUT2D eigenvalue weighted by molar-refractivity contribution is 7.99. The van der Waals surface area contributed by atoms with Crippen LogP contribution in [0, 0.1) is 0 Å². The Hall–Kier alpha value is -0.0200. The molecule has 1 aliphatic rings. The van der Waals surface area contributed by atoms with Gasteiger partial charge in [-0.3, -0.25) is 0 Å². The maximum atomic E-state index is 5.18. The normalized spacial score (nSPS) is 23.0. The van der Waals surface area contributed by atoms with E-state index in [-0.39, 0.29) is 4.75 Å². The maximum absolute atomic E-state index is 5.18. The summed E-state index contributed by atoms with van der Waals surface area (Å²) >= 11 is 1.64. The summed E-state index contributed by atoms with van der Waals surface area (Å²) in [5, 5.41) is 0. The number of rotatable bonds is 1. The van der Waals surface area contributed by atoms with Crippen molar-refractivity contribution in [2.75, 3.05) is 13.2 Å². The fraction of sp³-hybridized carbons (Fsp3) is 0.875. The third-order valence-electron chi connectivity index (χ3n) is 1.25. The maximum Gasteiger partial charge on any atom is 0.0856 e. The van der Waals surface area contributed by atoms with Crippen LogP contribution in [-0.4, -0.2) is 23.7 Å². The average molecular weight is 173 g/mol. The standard InChI is InChI=1S/C8H15NOS/c1-8(2,3)11-9-7-4-5-10-6-7/h4-6H2,1-3H3. The minimum absolute atomic E-state index is 0.232. The first kappa shape index (κ1) is 9.07. The zero-order valence-electron chi connectivity index (χ0n) is 7.39. The van der Waals surface area contributed by atoms with Gasteiger partial charge in [-0.25, -0.2) is 4.40 Å². The van der Waals surface area contributed by atoms with E-state index in [1.165, 1.54) is 5.71 Å². The second-order valence-corrected chi connectivity index (χ2v) is 5.25. The minimum Gasteiger partial charge on any atom is -0.375 e. The van der Waals surface area contributed by atoms with Crippen LogP contribution in [0.1, 0.15) is 27.2 Å². The predicted molar refractivity (Wildman–Crippen MR) is 50.2 cm³/mol. The quantitative estimate of drug-likeness (QED) is 0.567.